The number of nitriles is 1. The van der Waals surface area contributed by atoms with Crippen LogP contribution in [0.1, 0.15) is 32.1 Å². The van der Waals surface area contributed by atoms with Gasteiger partial charge in [-0.1, -0.05) is 6.42 Å². The summed E-state index contributed by atoms with van der Waals surface area (Å²) in [5.41, 5.74) is 0. The molecule has 19 heavy (non-hydrogen) atoms. The number of nitrogens with zero attached hydrogens (tertiary/aromatic N) is 2. The van der Waals surface area contributed by atoms with Crippen molar-refractivity contribution in [3.63, 3.8) is 0 Å². The van der Waals surface area contributed by atoms with Crippen molar-refractivity contribution in [2.45, 2.75) is 43.4 Å². The van der Waals surface area contributed by atoms with Crippen LogP contribution in [0, 0.1) is 11.3 Å². The number of sulfone groups is 1. The summed E-state index contributed by atoms with van der Waals surface area (Å²) in [5, 5.41) is 8.49. The Labute approximate surface area is 116 Å². The fraction of sp³-hybridized carbons (Fsp3) is 0.923. The third-order valence-electron chi connectivity index (χ3n) is 3.81. The maximum atomic E-state index is 11.7. The van der Waals surface area contributed by atoms with Crippen LogP contribution in [0.4, 0.5) is 0 Å². The lowest BCUT2D eigenvalue weighted by atomic mass is 9.93. The maximum Gasteiger partial charge on any atom is 0.150 e. The number of hydrogen-bond donors (Lipinski definition) is 0. The first-order valence-electron chi connectivity index (χ1n) is 6.78. The van der Waals surface area contributed by atoms with E-state index in [0.29, 0.717) is 26.0 Å². The van der Waals surface area contributed by atoms with E-state index in [1.165, 1.54) is 6.26 Å². The summed E-state index contributed by atoms with van der Waals surface area (Å²) in [6.45, 7) is 2.08. The SMILES string of the molecule is COCCN(CCC#N)C1CCCC(S(C)(=O)=O)C1. The van der Waals surface area contributed by atoms with Gasteiger partial charge in [0, 0.05) is 38.9 Å². The molecule has 2 atom stereocenters. The summed E-state index contributed by atoms with van der Waals surface area (Å²) >= 11 is 0. The van der Waals surface area contributed by atoms with Gasteiger partial charge in [0.1, 0.15) is 9.84 Å². The molecular formula is C13H24N2O3S. The molecule has 0 amide bonds. The Morgan fingerprint density at radius 3 is 2.68 bits per heavy atom. The third-order valence-corrected chi connectivity index (χ3v) is 5.45. The fourth-order valence-electron chi connectivity index (χ4n) is 2.72. The number of methoxy groups -OCH3 is 1. The molecule has 5 nitrogen and oxygen atoms in total. The molecule has 0 spiro atoms. The molecule has 2 unspecified atom stereocenters. The summed E-state index contributed by atoms with van der Waals surface area (Å²) in [6.07, 6.45) is 5.22. The first-order chi connectivity index (χ1) is 8.99. The van der Waals surface area contributed by atoms with E-state index in [-0.39, 0.29) is 11.3 Å². The van der Waals surface area contributed by atoms with Crippen LogP contribution in [0.25, 0.3) is 0 Å². The summed E-state index contributed by atoms with van der Waals surface area (Å²) in [5.74, 6) is 0. The lowest BCUT2D eigenvalue weighted by Crippen LogP contribution is -2.43. The highest BCUT2D eigenvalue weighted by atomic mass is 32.2. The van der Waals surface area contributed by atoms with Crippen LogP contribution in [0.15, 0.2) is 0 Å². The first kappa shape index (κ1) is 16.4. The van der Waals surface area contributed by atoms with Crippen molar-refractivity contribution in [1.29, 1.82) is 5.26 Å². The molecule has 0 aromatic rings. The Kier molecular flexibility index (Phi) is 6.76. The van der Waals surface area contributed by atoms with E-state index in [2.05, 4.69) is 11.0 Å². The molecule has 0 radical (unpaired) electrons. The minimum Gasteiger partial charge on any atom is -0.383 e. The summed E-state index contributed by atoms with van der Waals surface area (Å²) in [4.78, 5) is 2.21. The Morgan fingerprint density at radius 1 is 1.37 bits per heavy atom. The second kappa shape index (κ2) is 7.83. The molecule has 1 fully saturated rings. The second-order valence-corrected chi connectivity index (χ2v) is 7.53. The van der Waals surface area contributed by atoms with E-state index in [1.54, 1.807) is 7.11 Å². The van der Waals surface area contributed by atoms with Gasteiger partial charge in [-0.25, -0.2) is 8.42 Å². The standard InChI is InChI=1S/C13H24N2O3S/c1-18-10-9-15(8-4-7-14)12-5-3-6-13(11-12)19(2,16)17/h12-13H,3-6,8-11H2,1-2H3. The molecule has 1 aliphatic rings. The summed E-state index contributed by atoms with van der Waals surface area (Å²) in [6, 6.07) is 2.42. The highest BCUT2D eigenvalue weighted by molar-refractivity contribution is 7.91. The van der Waals surface area contributed by atoms with Crippen LogP contribution in [0.5, 0.6) is 0 Å². The predicted molar refractivity (Wildman–Crippen MR) is 74.6 cm³/mol. The molecule has 0 heterocycles. The molecule has 6 heteroatoms. The van der Waals surface area contributed by atoms with Crippen molar-refractivity contribution in [3.8, 4) is 6.07 Å². The van der Waals surface area contributed by atoms with E-state index in [0.717, 1.165) is 25.8 Å². The van der Waals surface area contributed by atoms with Crippen molar-refractivity contribution >= 4 is 9.84 Å². The minimum absolute atomic E-state index is 0.224. The Morgan fingerprint density at radius 2 is 2.11 bits per heavy atom. The van der Waals surface area contributed by atoms with Crippen LogP contribution in [0.3, 0.4) is 0 Å². The fourth-order valence-corrected chi connectivity index (χ4v) is 3.89. The Hall–Kier alpha value is -0.640. The van der Waals surface area contributed by atoms with Gasteiger partial charge in [-0.15, -0.1) is 0 Å². The van der Waals surface area contributed by atoms with Crippen molar-refractivity contribution in [2.75, 3.05) is 33.1 Å². The maximum absolute atomic E-state index is 11.7. The van der Waals surface area contributed by atoms with Gasteiger partial charge >= 0.3 is 0 Å². The minimum atomic E-state index is -2.96. The molecule has 0 aromatic carbocycles. The van der Waals surface area contributed by atoms with Gasteiger partial charge in [-0.3, -0.25) is 4.90 Å². The molecule has 1 saturated carbocycles. The summed E-state index contributed by atoms with van der Waals surface area (Å²) < 4.78 is 28.5. The second-order valence-electron chi connectivity index (χ2n) is 5.21. The third kappa shape index (κ3) is 5.47. The van der Waals surface area contributed by atoms with Crippen molar-refractivity contribution in [2.24, 2.45) is 0 Å². The topological polar surface area (TPSA) is 70.4 Å². The lowest BCUT2D eigenvalue weighted by Gasteiger charge is -2.36. The summed E-state index contributed by atoms with van der Waals surface area (Å²) in [7, 11) is -1.30. The van der Waals surface area contributed by atoms with E-state index in [9.17, 15) is 8.42 Å². The molecule has 0 aliphatic heterocycles. The van der Waals surface area contributed by atoms with Crippen LogP contribution in [-0.2, 0) is 14.6 Å². The molecule has 0 N–H and O–H groups in total. The Balaban J connectivity index is 2.64. The van der Waals surface area contributed by atoms with Crippen molar-refractivity contribution in [3.05, 3.63) is 0 Å². The quantitative estimate of drug-likeness (QED) is 0.704. The highest BCUT2D eigenvalue weighted by Crippen LogP contribution is 2.27. The molecule has 0 bridgehead atoms. The van der Waals surface area contributed by atoms with Crippen LogP contribution < -0.4 is 0 Å². The molecule has 1 rings (SSSR count). The average Bonchev–Trinajstić information content (AvgIpc) is 2.38. The number of ether oxygens (including phenoxy) is 1. The molecule has 0 aromatic heterocycles. The van der Waals surface area contributed by atoms with Gasteiger partial charge in [0.2, 0.25) is 0 Å². The average molecular weight is 288 g/mol. The lowest BCUT2D eigenvalue weighted by molar-refractivity contribution is 0.104. The van der Waals surface area contributed by atoms with Crippen molar-refractivity contribution < 1.29 is 13.2 Å². The van der Waals surface area contributed by atoms with E-state index in [4.69, 9.17) is 10.00 Å². The van der Waals surface area contributed by atoms with Gasteiger partial charge in [0.25, 0.3) is 0 Å². The smallest absolute Gasteiger partial charge is 0.150 e. The van der Waals surface area contributed by atoms with Gasteiger partial charge in [0.05, 0.1) is 17.9 Å². The van der Waals surface area contributed by atoms with Crippen LogP contribution in [0.2, 0.25) is 0 Å². The monoisotopic (exact) mass is 288 g/mol. The van der Waals surface area contributed by atoms with Crippen LogP contribution in [-0.4, -0.2) is 57.7 Å². The zero-order valence-electron chi connectivity index (χ0n) is 11.8. The zero-order chi connectivity index (χ0) is 14.3. The van der Waals surface area contributed by atoms with E-state index >= 15 is 0 Å². The van der Waals surface area contributed by atoms with Crippen molar-refractivity contribution in [1.82, 2.24) is 4.90 Å². The Bertz CT molecular complexity index is 403. The predicted octanol–water partition coefficient (Wildman–Crippen LogP) is 1.20. The normalized spacial score (nSPS) is 24.3. The van der Waals surface area contributed by atoms with Gasteiger partial charge in [-0.2, -0.15) is 5.26 Å². The molecule has 110 valence electrons. The molecular weight excluding hydrogens is 264 g/mol. The largest absolute Gasteiger partial charge is 0.383 e. The number of hydrogen-bond acceptors (Lipinski definition) is 5. The van der Waals surface area contributed by atoms with E-state index in [1.807, 2.05) is 0 Å². The first-order valence-corrected chi connectivity index (χ1v) is 8.73. The number of rotatable bonds is 7. The van der Waals surface area contributed by atoms with Crippen LogP contribution >= 0.6 is 0 Å². The van der Waals surface area contributed by atoms with Gasteiger partial charge < -0.3 is 4.74 Å². The molecule has 1 aliphatic carbocycles. The van der Waals surface area contributed by atoms with Gasteiger partial charge in [0.15, 0.2) is 0 Å². The zero-order valence-corrected chi connectivity index (χ0v) is 12.7. The van der Waals surface area contributed by atoms with E-state index < -0.39 is 9.84 Å². The van der Waals surface area contributed by atoms with Gasteiger partial charge in [-0.05, 0) is 19.3 Å². The highest BCUT2D eigenvalue weighted by Gasteiger charge is 2.31. The molecule has 0 saturated heterocycles.